The molecule has 2 unspecified atom stereocenters. The van der Waals surface area contributed by atoms with E-state index in [4.69, 9.17) is 10.3 Å². The minimum atomic E-state index is -0.753. The predicted molar refractivity (Wildman–Crippen MR) is 74.1 cm³/mol. The van der Waals surface area contributed by atoms with Crippen LogP contribution in [-0.2, 0) is 12.8 Å². The predicted octanol–water partition coefficient (Wildman–Crippen LogP) is 1.72. The Hall–Kier alpha value is -1.72. The Kier molecular flexibility index (Phi) is 3.80. The second-order valence-electron chi connectivity index (χ2n) is 5.29. The highest BCUT2D eigenvalue weighted by Crippen LogP contribution is 2.31. The fourth-order valence-corrected chi connectivity index (χ4v) is 2.75. The fraction of sp³-hybridized carbons (Fsp3) is 0.467. The zero-order chi connectivity index (χ0) is 13.9. The zero-order valence-electron chi connectivity index (χ0n) is 11.3. The molecule has 1 heterocycles. The molecule has 20 heavy (non-hydrogen) atoms. The third-order valence-electron chi connectivity index (χ3n) is 3.89. The quantitative estimate of drug-likeness (QED) is 0.886. The molecule has 2 atom stereocenters. The molecule has 0 saturated carbocycles. The van der Waals surface area contributed by atoms with E-state index in [9.17, 15) is 5.11 Å². The molecule has 0 radical (unpaired) electrons. The van der Waals surface area contributed by atoms with Crippen LogP contribution >= 0.6 is 0 Å². The van der Waals surface area contributed by atoms with Gasteiger partial charge in [-0.3, -0.25) is 0 Å². The number of aliphatic hydroxyl groups is 1. The number of nitrogens with zero attached hydrogens (tertiary/aromatic N) is 2. The summed E-state index contributed by atoms with van der Waals surface area (Å²) >= 11 is 0. The van der Waals surface area contributed by atoms with Gasteiger partial charge in [0.2, 0.25) is 0 Å². The van der Waals surface area contributed by atoms with Gasteiger partial charge in [0.1, 0.15) is 6.10 Å². The molecule has 3 rings (SSSR count). The number of aryl methyl sites for hydroxylation is 1. The van der Waals surface area contributed by atoms with Gasteiger partial charge in [-0.25, -0.2) is 0 Å². The Balaban J connectivity index is 1.75. The van der Waals surface area contributed by atoms with Crippen molar-refractivity contribution in [2.45, 2.75) is 37.7 Å². The van der Waals surface area contributed by atoms with Gasteiger partial charge in [0.15, 0.2) is 5.82 Å². The first kappa shape index (κ1) is 13.3. The summed E-state index contributed by atoms with van der Waals surface area (Å²) in [5.74, 6) is 1.25. The molecule has 106 valence electrons. The van der Waals surface area contributed by atoms with E-state index in [0.29, 0.717) is 18.8 Å². The number of hydrogen-bond donors (Lipinski definition) is 2. The van der Waals surface area contributed by atoms with Crippen molar-refractivity contribution in [1.29, 1.82) is 0 Å². The topological polar surface area (TPSA) is 85.2 Å². The third kappa shape index (κ3) is 2.59. The number of benzene rings is 1. The van der Waals surface area contributed by atoms with E-state index in [-0.39, 0.29) is 11.8 Å². The van der Waals surface area contributed by atoms with Crippen molar-refractivity contribution in [3.63, 3.8) is 0 Å². The first-order valence-corrected chi connectivity index (χ1v) is 7.06. The largest absolute Gasteiger partial charge is 0.383 e. The number of hydrogen-bond acceptors (Lipinski definition) is 5. The first-order valence-electron chi connectivity index (χ1n) is 7.06. The molecule has 1 aliphatic carbocycles. The van der Waals surface area contributed by atoms with Crippen LogP contribution < -0.4 is 5.73 Å². The maximum atomic E-state index is 9.81. The Bertz CT molecular complexity index is 582. The van der Waals surface area contributed by atoms with Gasteiger partial charge in [-0.1, -0.05) is 29.4 Å². The van der Waals surface area contributed by atoms with Gasteiger partial charge in [-0.15, -0.1) is 0 Å². The summed E-state index contributed by atoms with van der Waals surface area (Å²) in [6.07, 6.45) is 2.67. The van der Waals surface area contributed by atoms with Gasteiger partial charge in [-0.05, 0) is 43.4 Å². The molecule has 1 aromatic heterocycles. The summed E-state index contributed by atoms with van der Waals surface area (Å²) in [7, 11) is 0. The van der Waals surface area contributed by atoms with E-state index in [1.54, 1.807) is 0 Å². The molecule has 5 heteroatoms. The van der Waals surface area contributed by atoms with E-state index in [2.05, 4.69) is 34.4 Å². The number of aromatic nitrogens is 2. The SMILES string of the molecule is NCCC(O)c1nc(C2CCc3ccccc3C2)no1. The van der Waals surface area contributed by atoms with Crippen molar-refractivity contribution in [3.8, 4) is 0 Å². The molecule has 0 saturated heterocycles. The van der Waals surface area contributed by atoms with Crippen LogP contribution in [0.4, 0.5) is 0 Å². The van der Waals surface area contributed by atoms with E-state index >= 15 is 0 Å². The lowest BCUT2D eigenvalue weighted by atomic mass is 9.83. The molecular weight excluding hydrogens is 254 g/mol. The van der Waals surface area contributed by atoms with Crippen LogP contribution in [0.25, 0.3) is 0 Å². The molecule has 0 amide bonds. The molecular formula is C15H19N3O2. The van der Waals surface area contributed by atoms with E-state index in [0.717, 1.165) is 19.3 Å². The smallest absolute Gasteiger partial charge is 0.255 e. The first-order chi connectivity index (χ1) is 9.78. The average Bonchev–Trinajstić information content (AvgIpc) is 2.97. The van der Waals surface area contributed by atoms with Crippen molar-refractivity contribution in [2.75, 3.05) is 6.54 Å². The fourth-order valence-electron chi connectivity index (χ4n) is 2.75. The molecule has 0 fully saturated rings. The van der Waals surface area contributed by atoms with Crippen LogP contribution in [0, 0.1) is 0 Å². The Morgan fingerprint density at radius 2 is 2.15 bits per heavy atom. The molecule has 0 spiro atoms. The summed E-state index contributed by atoms with van der Waals surface area (Å²) < 4.78 is 5.15. The van der Waals surface area contributed by atoms with Crippen LogP contribution in [0.5, 0.6) is 0 Å². The summed E-state index contributed by atoms with van der Waals surface area (Å²) in [6, 6.07) is 8.48. The van der Waals surface area contributed by atoms with Gasteiger partial charge in [0.05, 0.1) is 0 Å². The molecule has 0 bridgehead atoms. The van der Waals surface area contributed by atoms with Crippen LogP contribution in [0.15, 0.2) is 28.8 Å². The highest BCUT2D eigenvalue weighted by atomic mass is 16.5. The van der Waals surface area contributed by atoms with Gasteiger partial charge in [-0.2, -0.15) is 4.98 Å². The summed E-state index contributed by atoms with van der Waals surface area (Å²) in [6.45, 7) is 0.398. The lowest BCUT2D eigenvalue weighted by Crippen LogP contribution is -2.14. The summed E-state index contributed by atoms with van der Waals surface area (Å²) in [4.78, 5) is 4.34. The maximum absolute atomic E-state index is 9.81. The molecule has 1 aromatic carbocycles. The molecule has 5 nitrogen and oxygen atoms in total. The molecule has 1 aliphatic rings. The number of rotatable bonds is 4. The number of fused-ring (bicyclic) bond motifs is 1. The molecule has 0 aliphatic heterocycles. The van der Waals surface area contributed by atoms with E-state index in [1.165, 1.54) is 11.1 Å². The Morgan fingerprint density at radius 1 is 1.35 bits per heavy atom. The van der Waals surface area contributed by atoms with Gasteiger partial charge < -0.3 is 15.4 Å². The molecule has 2 aromatic rings. The van der Waals surface area contributed by atoms with Gasteiger partial charge in [0.25, 0.3) is 5.89 Å². The minimum absolute atomic E-state index is 0.271. The monoisotopic (exact) mass is 273 g/mol. The van der Waals surface area contributed by atoms with Crippen molar-refractivity contribution < 1.29 is 9.63 Å². The van der Waals surface area contributed by atoms with Crippen molar-refractivity contribution >= 4 is 0 Å². The summed E-state index contributed by atoms with van der Waals surface area (Å²) in [5, 5.41) is 13.8. The van der Waals surface area contributed by atoms with E-state index < -0.39 is 6.10 Å². The Labute approximate surface area is 117 Å². The van der Waals surface area contributed by atoms with Crippen LogP contribution in [0.3, 0.4) is 0 Å². The van der Waals surface area contributed by atoms with Crippen molar-refractivity contribution in [1.82, 2.24) is 10.1 Å². The maximum Gasteiger partial charge on any atom is 0.255 e. The summed E-state index contributed by atoms with van der Waals surface area (Å²) in [5.41, 5.74) is 8.19. The van der Waals surface area contributed by atoms with E-state index in [1.807, 2.05) is 0 Å². The lowest BCUT2D eigenvalue weighted by Gasteiger charge is -2.21. The van der Waals surface area contributed by atoms with Gasteiger partial charge in [0, 0.05) is 5.92 Å². The zero-order valence-corrected chi connectivity index (χ0v) is 11.3. The minimum Gasteiger partial charge on any atom is -0.383 e. The molecule has 3 N–H and O–H groups in total. The highest BCUT2D eigenvalue weighted by molar-refractivity contribution is 5.31. The number of nitrogens with two attached hydrogens (primary N) is 1. The van der Waals surface area contributed by atoms with Crippen LogP contribution in [0.1, 0.15) is 47.7 Å². The average molecular weight is 273 g/mol. The number of aliphatic hydroxyl groups excluding tert-OH is 1. The van der Waals surface area contributed by atoms with Gasteiger partial charge >= 0.3 is 0 Å². The Morgan fingerprint density at radius 3 is 2.95 bits per heavy atom. The highest BCUT2D eigenvalue weighted by Gasteiger charge is 2.25. The van der Waals surface area contributed by atoms with Crippen LogP contribution in [-0.4, -0.2) is 21.8 Å². The van der Waals surface area contributed by atoms with Crippen molar-refractivity contribution in [2.24, 2.45) is 5.73 Å². The van der Waals surface area contributed by atoms with Crippen molar-refractivity contribution in [3.05, 3.63) is 47.1 Å². The third-order valence-corrected chi connectivity index (χ3v) is 3.89. The normalized spacial score (nSPS) is 19.6. The second-order valence-corrected chi connectivity index (χ2v) is 5.29. The second kappa shape index (κ2) is 5.73. The lowest BCUT2D eigenvalue weighted by molar-refractivity contribution is 0.127. The standard InChI is InChI=1S/C15H19N3O2/c16-8-7-13(19)15-17-14(18-20-15)12-6-5-10-3-1-2-4-11(10)9-12/h1-4,12-13,19H,5-9,16H2. The van der Waals surface area contributed by atoms with Crippen LogP contribution in [0.2, 0.25) is 0 Å².